The molecule has 0 saturated carbocycles. The van der Waals surface area contributed by atoms with Crippen LogP contribution in [-0.2, 0) is 11.2 Å². The molecule has 3 N–H and O–H groups in total. The molecule has 1 heterocycles. The molecular formula is C11H20N2OS. The number of hydrazine groups is 1. The molecule has 2 unspecified atom stereocenters. The van der Waals surface area contributed by atoms with Crippen molar-refractivity contribution in [3.8, 4) is 0 Å². The van der Waals surface area contributed by atoms with E-state index in [2.05, 4.69) is 29.9 Å². The third kappa shape index (κ3) is 3.91. The predicted octanol–water partition coefficient (Wildman–Crippen LogP) is 1.94. The molecule has 0 aromatic carbocycles. The van der Waals surface area contributed by atoms with Gasteiger partial charge in [-0.1, -0.05) is 13.0 Å². The molecule has 0 radical (unpaired) electrons. The lowest BCUT2D eigenvalue weighted by atomic mass is 10.0. The summed E-state index contributed by atoms with van der Waals surface area (Å²) in [5.41, 5.74) is 2.86. The Morgan fingerprint density at radius 3 is 2.80 bits per heavy atom. The molecule has 0 saturated heterocycles. The average molecular weight is 228 g/mol. The Labute approximate surface area is 95.6 Å². The molecule has 0 bridgehead atoms. The van der Waals surface area contributed by atoms with Crippen molar-refractivity contribution in [3.63, 3.8) is 0 Å². The number of hydrogen-bond acceptors (Lipinski definition) is 4. The normalized spacial score (nSPS) is 15.1. The lowest BCUT2D eigenvalue weighted by Gasteiger charge is -2.24. The molecule has 0 aliphatic rings. The Morgan fingerprint density at radius 2 is 2.33 bits per heavy atom. The molecule has 0 fully saturated rings. The van der Waals surface area contributed by atoms with Gasteiger partial charge in [-0.3, -0.25) is 11.3 Å². The summed E-state index contributed by atoms with van der Waals surface area (Å²) >= 11 is 1.76. The number of hydrogen-bond donors (Lipinski definition) is 2. The molecule has 1 aromatic rings. The zero-order valence-electron chi connectivity index (χ0n) is 9.40. The minimum atomic E-state index is 0.196. The Bertz CT molecular complexity index is 251. The van der Waals surface area contributed by atoms with E-state index in [1.54, 1.807) is 11.3 Å². The van der Waals surface area contributed by atoms with E-state index in [0.29, 0.717) is 0 Å². The number of nitrogens with one attached hydrogen (secondary N) is 1. The number of thiophene rings is 1. The third-order valence-corrected chi connectivity index (χ3v) is 3.35. The summed E-state index contributed by atoms with van der Waals surface area (Å²) < 4.78 is 5.66. The fourth-order valence-electron chi connectivity index (χ4n) is 1.68. The van der Waals surface area contributed by atoms with Crippen molar-refractivity contribution in [2.24, 2.45) is 5.84 Å². The topological polar surface area (TPSA) is 47.3 Å². The van der Waals surface area contributed by atoms with Crippen LogP contribution in [0.4, 0.5) is 0 Å². The van der Waals surface area contributed by atoms with Crippen molar-refractivity contribution in [3.05, 3.63) is 22.4 Å². The molecule has 0 spiro atoms. The highest BCUT2D eigenvalue weighted by Gasteiger charge is 2.19. The lowest BCUT2D eigenvalue weighted by molar-refractivity contribution is 0.0321. The van der Waals surface area contributed by atoms with Gasteiger partial charge in [-0.25, -0.2) is 0 Å². The van der Waals surface area contributed by atoms with Gasteiger partial charge in [-0.05, 0) is 24.8 Å². The molecule has 2 atom stereocenters. The molecular weight excluding hydrogens is 208 g/mol. The van der Waals surface area contributed by atoms with E-state index >= 15 is 0 Å². The summed E-state index contributed by atoms with van der Waals surface area (Å²) in [7, 11) is 0. The first kappa shape index (κ1) is 12.6. The third-order valence-electron chi connectivity index (χ3n) is 2.45. The van der Waals surface area contributed by atoms with Crippen molar-refractivity contribution in [1.29, 1.82) is 0 Å². The predicted molar refractivity (Wildman–Crippen MR) is 64.8 cm³/mol. The molecule has 1 aromatic heterocycles. The summed E-state index contributed by atoms with van der Waals surface area (Å²) in [4.78, 5) is 1.34. The molecule has 3 nitrogen and oxygen atoms in total. The first-order chi connectivity index (χ1) is 7.31. The molecule has 15 heavy (non-hydrogen) atoms. The van der Waals surface area contributed by atoms with Crippen LogP contribution in [0.1, 0.15) is 25.1 Å². The maximum Gasteiger partial charge on any atom is 0.0742 e. The van der Waals surface area contributed by atoms with Crippen LogP contribution in [0, 0.1) is 0 Å². The van der Waals surface area contributed by atoms with Crippen molar-refractivity contribution in [2.45, 2.75) is 38.8 Å². The van der Waals surface area contributed by atoms with Gasteiger partial charge in [0.1, 0.15) is 0 Å². The zero-order chi connectivity index (χ0) is 11.1. The highest BCUT2D eigenvalue weighted by molar-refractivity contribution is 7.09. The molecule has 0 aliphatic heterocycles. The number of nitrogens with two attached hydrogens (primary N) is 1. The zero-order valence-corrected chi connectivity index (χ0v) is 10.2. The van der Waals surface area contributed by atoms with Gasteiger partial charge in [0.15, 0.2) is 0 Å². The van der Waals surface area contributed by atoms with E-state index in [-0.39, 0.29) is 12.1 Å². The first-order valence-electron chi connectivity index (χ1n) is 5.41. The van der Waals surface area contributed by atoms with Crippen LogP contribution in [0.5, 0.6) is 0 Å². The molecule has 86 valence electrons. The van der Waals surface area contributed by atoms with Crippen LogP contribution >= 0.6 is 11.3 Å². The molecule has 0 amide bonds. The van der Waals surface area contributed by atoms with Gasteiger partial charge in [-0.2, -0.15) is 0 Å². The first-order valence-corrected chi connectivity index (χ1v) is 6.29. The van der Waals surface area contributed by atoms with Crippen LogP contribution in [-0.4, -0.2) is 18.8 Å². The summed E-state index contributed by atoms with van der Waals surface area (Å²) in [6, 6.07) is 4.40. The number of rotatable bonds is 7. The van der Waals surface area contributed by atoms with E-state index in [1.165, 1.54) is 4.88 Å². The molecule has 4 heteroatoms. The van der Waals surface area contributed by atoms with Crippen molar-refractivity contribution in [2.75, 3.05) is 6.61 Å². The highest BCUT2D eigenvalue weighted by atomic mass is 32.1. The summed E-state index contributed by atoms with van der Waals surface area (Å²) in [6.07, 6.45) is 2.11. The van der Waals surface area contributed by atoms with Gasteiger partial charge in [0.05, 0.1) is 12.1 Å². The van der Waals surface area contributed by atoms with E-state index < -0.39 is 0 Å². The molecule has 1 rings (SSSR count). The van der Waals surface area contributed by atoms with Gasteiger partial charge in [0, 0.05) is 17.9 Å². The second-order valence-corrected chi connectivity index (χ2v) is 4.49. The SMILES string of the molecule is CCOC(CC)C(Cc1cccs1)NN. The summed E-state index contributed by atoms with van der Waals surface area (Å²) in [6.45, 7) is 4.88. The second kappa shape index (κ2) is 6.95. The van der Waals surface area contributed by atoms with Crippen LogP contribution in [0.2, 0.25) is 0 Å². The Morgan fingerprint density at radius 1 is 1.53 bits per heavy atom. The minimum Gasteiger partial charge on any atom is -0.377 e. The van der Waals surface area contributed by atoms with Crippen molar-refractivity contribution >= 4 is 11.3 Å². The van der Waals surface area contributed by atoms with Gasteiger partial charge in [-0.15, -0.1) is 11.3 Å². The monoisotopic (exact) mass is 228 g/mol. The Balaban J connectivity index is 2.53. The average Bonchev–Trinajstić information content (AvgIpc) is 2.75. The van der Waals surface area contributed by atoms with Crippen LogP contribution in [0.25, 0.3) is 0 Å². The van der Waals surface area contributed by atoms with E-state index in [9.17, 15) is 0 Å². The quantitative estimate of drug-likeness (QED) is 0.554. The number of ether oxygens (including phenoxy) is 1. The summed E-state index contributed by atoms with van der Waals surface area (Å²) in [5, 5.41) is 2.09. The maximum atomic E-state index is 5.66. The maximum absolute atomic E-state index is 5.66. The summed E-state index contributed by atoms with van der Waals surface area (Å²) in [5.74, 6) is 5.57. The van der Waals surface area contributed by atoms with Gasteiger partial charge in [0.25, 0.3) is 0 Å². The smallest absolute Gasteiger partial charge is 0.0742 e. The van der Waals surface area contributed by atoms with E-state index in [1.807, 2.05) is 6.92 Å². The van der Waals surface area contributed by atoms with Gasteiger partial charge < -0.3 is 4.74 Å². The Hall–Kier alpha value is -0.420. The van der Waals surface area contributed by atoms with E-state index in [4.69, 9.17) is 10.6 Å². The van der Waals surface area contributed by atoms with Crippen LogP contribution < -0.4 is 11.3 Å². The highest BCUT2D eigenvalue weighted by Crippen LogP contribution is 2.15. The van der Waals surface area contributed by atoms with Crippen molar-refractivity contribution in [1.82, 2.24) is 5.43 Å². The largest absolute Gasteiger partial charge is 0.377 e. The lowest BCUT2D eigenvalue weighted by Crippen LogP contribution is -2.46. The fraction of sp³-hybridized carbons (Fsp3) is 0.636. The van der Waals surface area contributed by atoms with E-state index in [0.717, 1.165) is 19.4 Å². The molecule has 0 aliphatic carbocycles. The minimum absolute atomic E-state index is 0.196. The Kier molecular flexibility index (Phi) is 5.86. The van der Waals surface area contributed by atoms with Crippen molar-refractivity contribution < 1.29 is 4.74 Å². The fourth-order valence-corrected chi connectivity index (χ4v) is 2.44. The van der Waals surface area contributed by atoms with Gasteiger partial charge >= 0.3 is 0 Å². The van der Waals surface area contributed by atoms with Crippen LogP contribution in [0.15, 0.2) is 17.5 Å². The standard InChI is InChI=1S/C11H20N2OS/c1-3-11(14-4-2)10(13-12)8-9-6-5-7-15-9/h5-7,10-11,13H,3-4,8,12H2,1-2H3. The second-order valence-electron chi connectivity index (χ2n) is 3.46. The van der Waals surface area contributed by atoms with Crippen LogP contribution in [0.3, 0.4) is 0 Å². The van der Waals surface area contributed by atoms with Gasteiger partial charge in [0.2, 0.25) is 0 Å².